The van der Waals surface area contributed by atoms with Crippen LogP contribution in [0.15, 0.2) is 12.2 Å². The van der Waals surface area contributed by atoms with Gasteiger partial charge in [-0.15, -0.1) is 0 Å². The lowest BCUT2D eigenvalue weighted by Gasteiger charge is -2.19. The molecule has 2 atom stereocenters. The van der Waals surface area contributed by atoms with Gasteiger partial charge < -0.3 is 20.1 Å². The third-order valence-corrected chi connectivity index (χ3v) is 9.39. The Bertz CT molecular complexity index is 810. The monoisotopic (exact) mass is 704 g/mol. The molecule has 0 radical (unpaired) electrons. The van der Waals surface area contributed by atoms with Gasteiger partial charge in [0.05, 0.1) is 13.2 Å². The van der Waals surface area contributed by atoms with E-state index in [2.05, 4.69) is 26.0 Å². The molecule has 0 aliphatic heterocycles. The highest BCUT2D eigenvalue weighted by molar-refractivity contribution is 7.47. The molecule has 0 amide bonds. The fraction of sp³-hybridized carbons (Fsp3) is 0.895. The van der Waals surface area contributed by atoms with Gasteiger partial charge in [0.1, 0.15) is 6.61 Å². The predicted octanol–water partition coefficient (Wildman–Crippen LogP) is 10.7. The summed E-state index contributed by atoms with van der Waals surface area (Å²) < 4.78 is 32.6. The van der Waals surface area contributed by atoms with Crippen molar-refractivity contribution in [2.75, 3.05) is 26.4 Å². The van der Waals surface area contributed by atoms with Crippen LogP contribution >= 0.6 is 7.82 Å². The van der Waals surface area contributed by atoms with Crippen LogP contribution in [0.4, 0.5) is 0 Å². The minimum absolute atomic E-state index is 0.0542. The van der Waals surface area contributed by atoms with Crippen LogP contribution in [0, 0.1) is 0 Å². The predicted molar refractivity (Wildman–Crippen MR) is 197 cm³/mol. The zero-order valence-electron chi connectivity index (χ0n) is 31.0. The Balaban J connectivity index is 4.21. The molecular weight excluding hydrogens is 629 g/mol. The highest BCUT2D eigenvalue weighted by Gasteiger charge is 2.25. The fourth-order valence-corrected chi connectivity index (χ4v) is 6.22. The van der Waals surface area contributed by atoms with Crippen LogP contribution in [-0.4, -0.2) is 49.3 Å². The van der Waals surface area contributed by atoms with Gasteiger partial charge in [-0.2, -0.15) is 0 Å². The van der Waals surface area contributed by atoms with E-state index in [1.165, 1.54) is 109 Å². The van der Waals surface area contributed by atoms with Gasteiger partial charge in [0, 0.05) is 19.4 Å². The summed E-state index contributed by atoms with van der Waals surface area (Å²) in [6.45, 7) is 3.71. The first kappa shape index (κ1) is 46.8. The zero-order chi connectivity index (χ0) is 35.4. The third-order valence-electron chi connectivity index (χ3n) is 8.40. The molecule has 0 aliphatic rings. The first-order valence-electron chi connectivity index (χ1n) is 19.7. The van der Waals surface area contributed by atoms with E-state index in [0.29, 0.717) is 12.8 Å². The molecule has 0 saturated carbocycles. The Labute approximate surface area is 294 Å². The molecule has 10 heteroatoms. The number of carbonyl (C=O) groups excluding carboxylic acids is 2. The number of carbonyl (C=O) groups is 2. The Morgan fingerprint density at radius 2 is 1.02 bits per heavy atom. The number of unbranched alkanes of at least 4 members (excludes halogenated alkanes) is 22. The van der Waals surface area contributed by atoms with Crippen LogP contribution in [0.25, 0.3) is 0 Å². The average Bonchev–Trinajstić information content (AvgIpc) is 3.07. The Morgan fingerprint density at radius 1 is 0.604 bits per heavy atom. The van der Waals surface area contributed by atoms with Crippen molar-refractivity contribution in [2.45, 2.75) is 193 Å². The number of rotatable bonds is 37. The summed E-state index contributed by atoms with van der Waals surface area (Å²) in [7, 11) is -4.37. The molecule has 0 fully saturated rings. The van der Waals surface area contributed by atoms with Gasteiger partial charge in [-0.1, -0.05) is 148 Å². The number of phosphoric ester groups is 1. The van der Waals surface area contributed by atoms with Gasteiger partial charge in [-0.25, -0.2) is 4.57 Å². The van der Waals surface area contributed by atoms with E-state index >= 15 is 0 Å². The SMILES string of the molecule is CCCCCCCC/C=C/CCCCCC(=O)OC[C@H](COP(=O)(O)OCCN)OC(=O)CCCCCCCCCCCCCCCC. The van der Waals surface area contributed by atoms with E-state index in [0.717, 1.165) is 38.5 Å². The van der Waals surface area contributed by atoms with Crippen molar-refractivity contribution in [1.82, 2.24) is 0 Å². The van der Waals surface area contributed by atoms with E-state index in [4.69, 9.17) is 24.3 Å². The fourth-order valence-electron chi connectivity index (χ4n) is 5.45. The molecule has 48 heavy (non-hydrogen) atoms. The molecule has 0 saturated heterocycles. The highest BCUT2D eigenvalue weighted by atomic mass is 31.2. The molecular formula is C38H74NO8P. The summed E-state index contributed by atoms with van der Waals surface area (Å²) in [5, 5.41) is 0. The molecule has 0 aromatic rings. The van der Waals surface area contributed by atoms with Crippen molar-refractivity contribution in [2.24, 2.45) is 5.73 Å². The molecule has 0 spiro atoms. The van der Waals surface area contributed by atoms with Gasteiger partial charge in [-0.3, -0.25) is 18.6 Å². The summed E-state index contributed by atoms with van der Waals surface area (Å²) in [5.74, 6) is -0.841. The number of ether oxygens (including phenoxy) is 2. The molecule has 1 unspecified atom stereocenters. The third kappa shape index (κ3) is 34.6. The van der Waals surface area contributed by atoms with Crippen molar-refractivity contribution < 1.29 is 37.6 Å². The van der Waals surface area contributed by atoms with E-state index in [-0.39, 0.29) is 32.6 Å². The van der Waals surface area contributed by atoms with Crippen LogP contribution in [0.2, 0.25) is 0 Å². The van der Waals surface area contributed by atoms with Crippen molar-refractivity contribution >= 4 is 19.8 Å². The molecule has 0 aromatic carbocycles. The lowest BCUT2D eigenvalue weighted by Crippen LogP contribution is -2.29. The highest BCUT2D eigenvalue weighted by Crippen LogP contribution is 2.43. The van der Waals surface area contributed by atoms with Gasteiger partial charge in [-0.05, 0) is 38.5 Å². The second-order valence-electron chi connectivity index (χ2n) is 13.2. The van der Waals surface area contributed by atoms with Gasteiger partial charge >= 0.3 is 19.8 Å². The maximum Gasteiger partial charge on any atom is 0.472 e. The second-order valence-corrected chi connectivity index (χ2v) is 14.6. The number of hydrogen-bond donors (Lipinski definition) is 2. The number of esters is 2. The number of phosphoric acid groups is 1. The van der Waals surface area contributed by atoms with Crippen molar-refractivity contribution in [3.63, 3.8) is 0 Å². The molecule has 3 N–H and O–H groups in total. The molecule has 0 aliphatic carbocycles. The Kier molecular flexibility index (Phi) is 34.6. The van der Waals surface area contributed by atoms with Crippen molar-refractivity contribution in [1.29, 1.82) is 0 Å². The van der Waals surface area contributed by atoms with E-state index < -0.39 is 32.5 Å². The average molecular weight is 704 g/mol. The van der Waals surface area contributed by atoms with E-state index in [9.17, 15) is 19.0 Å². The van der Waals surface area contributed by atoms with Crippen LogP contribution in [-0.2, 0) is 32.7 Å². The van der Waals surface area contributed by atoms with E-state index in [1.807, 2.05) is 0 Å². The summed E-state index contributed by atoms with van der Waals surface area (Å²) in [6, 6.07) is 0. The van der Waals surface area contributed by atoms with Crippen LogP contribution in [0.5, 0.6) is 0 Å². The minimum Gasteiger partial charge on any atom is -0.462 e. The van der Waals surface area contributed by atoms with Gasteiger partial charge in [0.15, 0.2) is 6.10 Å². The van der Waals surface area contributed by atoms with Crippen LogP contribution in [0.1, 0.15) is 187 Å². The number of hydrogen-bond acceptors (Lipinski definition) is 8. The molecule has 0 aromatic heterocycles. The Hall–Kier alpha value is -1.25. The lowest BCUT2D eigenvalue weighted by atomic mass is 10.0. The molecule has 0 rings (SSSR count). The topological polar surface area (TPSA) is 134 Å². The summed E-state index contributed by atoms with van der Waals surface area (Å²) in [4.78, 5) is 34.7. The Morgan fingerprint density at radius 3 is 1.50 bits per heavy atom. The first-order chi connectivity index (χ1) is 23.3. The van der Waals surface area contributed by atoms with Crippen LogP contribution in [0.3, 0.4) is 0 Å². The largest absolute Gasteiger partial charge is 0.472 e. The van der Waals surface area contributed by atoms with Crippen LogP contribution < -0.4 is 5.73 Å². The minimum atomic E-state index is -4.37. The summed E-state index contributed by atoms with van der Waals surface area (Å²) in [6.07, 6.45) is 33.8. The number of allylic oxidation sites excluding steroid dienone is 2. The molecule has 0 bridgehead atoms. The van der Waals surface area contributed by atoms with E-state index in [1.54, 1.807) is 0 Å². The maximum absolute atomic E-state index is 12.5. The van der Waals surface area contributed by atoms with Gasteiger partial charge in [0.2, 0.25) is 0 Å². The lowest BCUT2D eigenvalue weighted by molar-refractivity contribution is -0.161. The van der Waals surface area contributed by atoms with Gasteiger partial charge in [0.25, 0.3) is 0 Å². The molecule has 9 nitrogen and oxygen atoms in total. The zero-order valence-corrected chi connectivity index (χ0v) is 31.9. The quantitative estimate of drug-likeness (QED) is 0.0280. The van der Waals surface area contributed by atoms with Crippen molar-refractivity contribution in [3.05, 3.63) is 12.2 Å². The molecule has 284 valence electrons. The smallest absolute Gasteiger partial charge is 0.462 e. The first-order valence-corrected chi connectivity index (χ1v) is 21.2. The maximum atomic E-state index is 12.5. The second kappa shape index (κ2) is 35.6. The summed E-state index contributed by atoms with van der Waals surface area (Å²) >= 11 is 0. The summed E-state index contributed by atoms with van der Waals surface area (Å²) in [5.41, 5.74) is 5.33. The standard InChI is InChI=1S/C38H74NO8P/c1-3-5-7-9-11-13-15-17-19-21-23-25-27-29-31-38(41)47-36(35-46-48(42,43)45-33-32-39)34-44-37(40)30-28-26-24-22-20-18-16-14-12-10-8-6-4-2/h18,20,36H,3-17,19,21-35,39H2,1-2H3,(H,42,43)/b20-18+/t36-/m1/s1. The number of nitrogens with two attached hydrogens (primary N) is 1. The van der Waals surface area contributed by atoms with Crippen molar-refractivity contribution in [3.8, 4) is 0 Å². The molecule has 0 heterocycles. The normalized spacial score (nSPS) is 13.5.